The summed E-state index contributed by atoms with van der Waals surface area (Å²) in [5, 5.41) is 4.62. The third-order valence-electron chi connectivity index (χ3n) is 5.56. The highest BCUT2D eigenvalue weighted by Gasteiger charge is 2.50. The van der Waals surface area contributed by atoms with Gasteiger partial charge < -0.3 is 5.32 Å². The molecule has 1 aromatic rings. The Morgan fingerprint density at radius 3 is 2.86 bits per heavy atom. The van der Waals surface area contributed by atoms with Crippen molar-refractivity contribution >= 4 is 27.5 Å². The van der Waals surface area contributed by atoms with Crippen LogP contribution in [0.15, 0.2) is 22.7 Å². The van der Waals surface area contributed by atoms with Crippen LogP contribution in [-0.4, -0.2) is 13.1 Å². The van der Waals surface area contributed by atoms with Gasteiger partial charge in [-0.15, -0.1) is 0 Å². The molecule has 0 saturated heterocycles. The first-order chi connectivity index (χ1) is 10.1. The second kappa shape index (κ2) is 6.60. The molecule has 0 aliphatic heterocycles. The van der Waals surface area contributed by atoms with Crippen molar-refractivity contribution in [3.63, 3.8) is 0 Å². The van der Waals surface area contributed by atoms with E-state index in [9.17, 15) is 0 Å². The van der Waals surface area contributed by atoms with Gasteiger partial charge in [0.05, 0.1) is 0 Å². The van der Waals surface area contributed by atoms with Gasteiger partial charge in [-0.2, -0.15) is 0 Å². The summed E-state index contributed by atoms with van der Waals surface area (Å²) in [6, 6.07) is 6.37. The van der Waals surface area contributed by atoms with E-state index in [1.165, 1.54) is 37.7 Å². The van der Waals surface area contributed by atoms with Gasteiger partial charge in [0.25, 0.3) is 0 Å². The van der Waals surface area contributed by atoms with Gasteiger partial charge in [-0.1, -0.05) is 46.9 Å². The zero-order valence-corrected chi connectivity index (χ0v) is 15.1. The molecule has 3 atom stereocenters. The number of halogens is 2. The average molecular weight is 371 g/mol. The molecule has 3 heteroatoms. The number of hydrogen-bond donors (Lipinski definition) is 1. The fourth-order valence-electron chi connectivity index (χ4n) is 4.61. The highest BCUT2D eigenvalue weighted by Crippen LogP contribution is 2.57. The van der Waals surface area contributed by atoms with Crippen LogP contribution in [0.5, 0.6) is 0 Å². The number of rotatable bonds is 6. The van der Waals surface area contributed by atoms with Crippen LogP contribution >= 0.6 is 27.5 Å². The SMILES string of the molecule is CCCNCC1(Cc2ccc(Br)cc2Cl)CC2CCC1C2. The molecular formula is C18H25BrClN. The molecule has 0 aromatic heterocycles. The summed E-state index contributed by atoms with van der Waals surface area (Å²) in [4.78, 5) is 0. The van der Waals surface area contributed by atoms with Gasteiger partial charge >= 0.3 is 0 Å². The molecule has 2 bridgehead atoms. The zero-order chi connectivity index (χ0) is 14.9. The summed E-state index contributed by atoms with van der Waals surface area (Å²) < 4.78 is 1.07. The number of fused-ring (bicyclic) bond motifs is 2. The van der Waals surface area contributed by atoms with E-state index in [1.807, 2.05) is 6.07 Å². The molecule has 1 nitrogen and oxygen atoms in total. The second-order valence-corrected chi connectivity index (χ2v) is 8.35. The fraction of sp³-hybridized carbons (Fsp3) is 0.667. The molecule has 116 valence electrons. The van der Waals surface area contributed by atoms with E-state index in [0.29, 0.717) is 5.41 Å². The molecule has 21 heavy (non-hydrogen) atoms. The zero-order valence-electron chi connectivity index (χ0n) is 12.8. The Hall–Kier alpha value is -0.0500. The van der Waals surface area contributed by atoms with Crippen molar-refractivity contribution in [1.82, 2.24) is 5.32 Å². The first kappa shape index (κ1) is 15.8. The van der Waals surface area contributed by atoms with E-state index < -0.39 is 0 Å². The van der Waals surface area contributed by atoms with E-state index >= 15 is 0 Å². The van der Waals surface area contributed by atoms with E-state index in [2.05, 4.69) is 40.3 Å². The first-order valence-corrected chi connectivity index (χ1v) is 9.45. The van der Waals surface area contributed by atoms with Crippen molar-refractivity contribution in [3.8, 4) is 0 Å². The lowest BCUT2D eigenvalue weighted by atomic mass is 9.69. The van der Waals surface area contributed by atoms with Crippen LogP contribution in [0.4, 0.5) is 0 Å². The van der Waals surface area contributed by atoms with Crippen molar-refractivity contribution in [2.75, 3.05) is 13.1 Å². The van der Waals surface area contributed by atoms with E-state index in [4.69, 9.17) is 11.6 Å². The summed E-state index contributed by atoms with van der Waals surface area (Å²) in [7, 11) is 0. The fourth-order valence-corrected chi connectivity index (χ4v) is 5.35. The summed E-state index contributed by atoms with van der Waals surface area (Å²) in [5.74, 6) is 1.86. The molecule has 0 heterocycles. The molecule has 3 unspecified atom stereocenters. The van der Waals surface area contributed by atoms with Crippen molar-refractivity contribution in [1.29, 1.82) is 0 Å². The van der Waals surface area contributed by atoms with Crippen LogP contribution in [0.1, 0.15) is 44.6 Å². The standard InChI is InChI=1S/C18H25BrClN/c1-2-7-21-12-18(10-13-3-5-15(18)8-13)11-14-4-6-16(19)9-17(14)20/h4,6,9,13,15,21H,2-3,5,7-8,10-12H2,1H3. The van der Waals surface area contributed by atoms with Crippen molar-refractivity contribution in [2.24, 2.45) is 17.3 Å². The predicted octanol–water partition coefficient (Wildman–Crippen LogP) is 5.45. The molecule has 1 N–H and O–H groups in total. The van der Waals surface area contributed by atoms with Crippen LogP contribution < -0.4 is 5.32 Å². The van der Waals surface area contributed by atoms with Gasteiger partial charge in [0, 0.05) is 16.0 Å². The third-order valence-corrected chi connectivity index (χ3v) is 6.41. The molecule has 2 aliphatic rings. The highest BCUT2D eigenvalue weighted by molar-refractivity contribution is 9.10. The van der Waals surface area contributed by atoms with Crippen LogP contribution in [0.3, 0.4) is 0 Å². The maximum atomic E-state index is 6.48. The minimum atomic E-state index is 0.440. The molecule has 0 spiro atoms. The maximum Gasteiger partial charge on any atom is 0.0449 e. The number of hydrogen-bond acceptors (Lipinski definition) is 1. The average Bonchev–Trinajstić information content (AvgIpc) is 3.03. The Bertz CT molecular complexity index is 504. The van der Waals surface area contributed by atoms with Gasteiger partial charge in [-0.3, -0.25) is 0 Å². The van der Waals surface area contributed by atoms with Gasteiger partial charge in [0.2, 0.25) is 0 Å². The molecular weight excluding hydrogens is 346 g/mol. The van der Waals surface area contributed by atoms with Crippen molar-refractivity contribution < 1.29 is 0 Å². The van der Waals surface area contributed by atoms with Gasteiger partial charge in [-0.05, 0) is 73.6 Å². The Morgan fingerprint density at radius 2 is 2.24 bits per heavy atom. The monoisotopic (exact) mass is 369 g/mol. The predicted molar refractivity (Wildman–Crippen MR) is 93.9 cm³/mol. The van der Waals surface area contributed by atoms with Crippen molar-refractivity contribution in [3.05, 3.63) is 33.3 Å². The topological polar surface area (TPSA) is 12.0 Å². The Morgan fingerprint density at radius 1 is 1.38 bits per heavy atom. The van der Waals surface area contributed by atoms with E-state index in [-0.39, 0.29) is 0 Å². The quantitative estimate of drug-likeness (QED) is 0.656. The lowest BCUT2D eigenvalue weighted by molar-refractivity contribution is 0.156. The molecule has 2 aliphatic carbocycles. The Labute approximate surface area is 142 Å². The molecule has 2 fully saturated rings. The smallest absolute Gasteiger partial charge is 0.0449 e. The highest BCUT2D eigenvalue weighted by atomic mass is 79.9. The molecule has 3 rings (SSSR count). The summed E-state index contributed by atoms with van der Waals surface area (Å²) in [5.41, 5.74) is 1.76. The number of nitrogens with one attached hydrogen (secondary N) is 1. The molecule has 1 aromatic carbocycles. The lowest BCUT2D eigenvalue weighted by Crippen LogP contribution is -2.40. The van der Waals surface area contributed by atoms with Crippen LogP contribution in [0, 0.1) is 17.3 Å². The van der Waals surface area contributed by atoms with Gasteiger partial charge in [0.1, 0.15) is 0 Å². The van der Waals surface area contributed by atoms with Gasteiger partial charge in [0.15, 0.2) is 0 Å². The van der Waals surface area contributed by atoms with E-state index in [1.54, 1.807) is 0 Å². The largest absolute Gasteiger partial charge is 0.316 e. The number of benzene rings is 1. The summed E-state index contributed by atoms with van der Waals surface area (Å²) in [6.45, 7) is 4.54. The second-order valence-electron chi connectivity index (χ2n) is 7.03. The van der Waals surface area contributed by atoms with Crippen LogP contribution in [-0.2, 0) is 6.42 Å². The molecule has 0 amide bonds. The van der Waals surface area contributed by atoms with Crippen molar-refractivity contribution in [2.45, 2.75) is 45.4 Å². The Kier molecular flexibility index (Phi) is 4.97. The molecule has 2 saturated carbocycles. The molecule has 0 radical (unpaired) electrons. The minimum absolute atomic E-state index is 0.440. The van der Waals surface area contributed by atoms with Gasteiger partial charge in [-0.25, -0.2) is 0 Å². The lowest BCUT2D eigenvalue weighted by Gasteiger charge is -2.38. The first-order valence-electron chi connectivity index (χ1n) is 8.27. The summed E-state index contributed by atoms with van der Waals surface area (Å²) in [6.07, 6.45) is 8.06. The third kappa shape index (κ3) is 3.33. The Balaban J connectivity index is 1.79. The maximum absolute atomic E-state index is 6.48. The normalized spacial score (nSPS) is 31.0. The summed E-state index contributed by atoms with van der Waals surface area (Å²) >= 11 is 9.99. The van der Waals surface area contributed by atoms with Crippen LogP contribution in [0.2, 0.25) is 5.02 Å². The minimum Gasteiger partial charge on any atom is -0.316 e. The van der Waals surface area contributed by atoms with E-state index in [0.717, 1.165) is 40.8 Å². The van der Waals surface area contributed by atoms with Crippen LogP contribution in [0.25, 0.3) is 0 Å².